The number of rotatable bonds is 2. The van der Waals surface area contributed by atoms with Crippen LogP contribution in [-0.2, 0) is 9.05 Å². The molecule has 0 aromatic heterocycles. The Balaban J connectivity index is 2.43. The summed E-state index contributed by atoms with van der Waals surface area (Å²) in [6.07, 6.45) is 4.23. The van der Waals surface area contributed by atoms with Crippen molar-refractivity contribution in [1.29, 1.82) is 0 Å². The zero-order chi connectivity index (χ0) is 15.6. The van der Waals surface area contributed by atoms with Crippen LogP contribution in [0.4, 0.5) is 0 Å². The molecule has 7 heteroatoms. The van der Waals surface area contributed by atoms with E-state index in [1.54, 1.807) is 17.9 Å². The third-order valence-corrected chi connectivity index (χ3v) is 5.62. The van der Waals surface area contributed by atoms with E-state index in [1.165, 1.54) is 6.07 Å². The minimum absolute atomic E-state index is 0.0169. The Kier molecular flexibility index (Phi) is 5.33. The summed E-state index contributed by atoms with van der Waals surface area (Å²) in [6.45, 7) is 3.05. The smallest absolute Gasteiger partial charge is 0.261 e. The summed E-state index contributed by atoms with van der Waals surface area (Å²) in [7, 11) is 1.57. The van der Waals surface area contributed by atoms with Gasteiger partial charge in [-0.25, -0.2) is 8.42 Å². The predicted molar refractivity (Wildman–Crippen MR) is 86.3 cm³/mol. The number of amides is 1. The van der Waals surface area contributed by atoms with Crippen LogP contribution >= 0.6 is 26.6 Å². The molecule has 1 heterocycles. The van der Waals surface area contributed by atoms with Gasteiger partial charge in [0.15, 0.2) is 0 Å². The van der Waals surface area contributed by atoms with Crippen molar-refractivity contribution in [3.05, 3.63) is 27.7 Å². The highest BCUT2D eigenvalue weighted by Gasteiger charge is 2.24. The van der Waals surface area contributed by atoms with Crippen molar-refractivity contribution in [3.63, 3.8) is 0 Å². The number of carbonyl (C=O) groups excluding carboxylic acids is 1. The molecule has 4 nitrogen and oxygen atoms in total. The highest BCUT2D eigenvalue weighted by atomic mass is 79.9. The molecule has 1 aliphatic heterocycles. The SMILES string of the molecule is Cc1c(C(=O)N2CCCCCC2)cc(Br)cc1S(=O)(=O)Cl. The van der Waals surface area contributed by atoms with Crippen LogP contribution in [0.1, 0.15) is 41.6 Å². The van der Waals surface area contributed by atoms with Gasteiger partial charge in [-0.3, -0.25) is 4.79 Å². The fraction of sp³-hybridized carbons (Fsp3) is 0.500. The van der Waals surface area contributed by atoms with Crippen molar-refractivity contribution < 1.29 is 13.2 Å². The molecule has 0 spiro atoms. The van der Waals surface area contributed by atoms with Gasteiger partial charge in [0.05, 0.1) is 4.90 Å². The van der Waals surface area contributed by atoms with E-state index in [-0.39, 0.29) is 10.8 Å². The number of hydrogen-bond acceptors (Lipinski definition) is 3. The van der Waals surface area contributed by atoms with E-state index >= 15 is 0 Å². The number of carbonyl (C=O) groups is 1. The van der Waals surface area contributed by atoms with E-state index < -0.39 is 9.05 Å². The van der Waals surface area contributed by atoms with Gasteiger partial charge in [0.2, 0.25) is 0 Å². The van der Waals surface area contributed by atoms with Gasteiger partial charge in [0, 0.05) is 33.8 Å². The molecule has 1 aliphatic rings. The van der Waals surface area contributed by atoms with E-state index in [0.29, 0.717) is 28.7 Å². The first-order valence-corrected chi connectivity index (χ1v) is 9.95. The highest BCUT2D eigenvalue weighted by Crippen LogP contribution is 2.28. The van der Waals surface area contributed by atoms with Crippen LogP contribution in [0.2, 0.25) is 0 Å². The molecule has 0 saturated carbocycles. The van der Waals surface area contributed by atoms with E-state index in [0.717, 1.165) is 25.7 Å². The summed E-state index contributed by atoms with van der Waals surface area (Å²) in [4.78, 5) is 14.5. The fourth-order valence-corrected chi connectivity index (χ4v) is 4.41. The van der Waals surface area contributed by atoms with Crippen molar-refractivity contribution in [2.45, 2.75) is 37.5 Å². The van der Waals surface area contributed by atoms with Gasteiger partial charge >= 0.3 is 0 Å². The summed E-state index contributed by atoms with van der Waals surface area (Å²) >= 11 is 3.25. The van der Waals surface area contributed by atoms with Crippen molar-refractivity contribution in [1.82, 2.24) is 4.90 Å². The molecular weight excluding hydrogens is 378 g/mol. The van der Waals surface area contributed by atoms with Gasteiger partial charge in [-0.05, 0) is 37.5 Å². The number of nitrogens with zero attached hydrogens (tertiary/aromatic N) is 1. The van der Waals surface area contributed by atoms with E-state index in [9.17, 15) is 13.2 Å². The maximum atomic E-state index is 12.7. The topological polar surface area (TPSA) is 54.5 Å². The van der Waals surface area contributed by atoms with Crippen LogP contribution in [0, 0.1) is 6.92 Å². The number of likely N-dealkylation sites (tertiary alicyclic amines) is 1. The van der Waals surface area contributed by atoms with Gasteiger partial charge in [0.25, 0.3) is 15.0 Å². The number of benzene rings is 1. The van der Waals surface area contributed by atoms with Gasteiger partial charge in [-0.2, -0.15) is 0 Å². The first-order chi connectivity index (χ1) is 9.80. The molecule has 21 heavy (non-hydrogen) atoms. The Morgan fingerprint density at radius 1 is 1.19 bits per heavy atom. The summed E-state index contributed by atoms with van der Waals surface area (Å²) < 4.78 is 23.8. The standard InChI is InChI=1S/C14H17BrClNO3S/c1-10-12(8-11(15)9-13(10)21(16,19)20)14(18)17-6-4-2-3-5-7-17/h8-9H,2-7H2,1H3. The Morgan fingerprint density at radius 2 is 1.76 bits per heavy atom. The largest absolute Gasteiger partial charge is 0.339 e. The molecule has 0 unspecified atom stereocenters. The molecule has 1 aromatic rings. The maximum Gasteiger partial charge on any atom is 0.261 e. The summed E-state index contributed by atoms with van der Waals surface area (Å²) in [6, 6.07) is 3.09. The van der Waals surface area contributed by atoms with E-state index in [4.69, 9.17) is 10.7 Å². The lowest BCUT2D eigenvalue weighted by Gasteiger charge is -2.22. The van der Waals surface area contributed by atoms with Crippen molar-refractivity contribution >= 4 is 41.6 Å². The monoisotopic (exact) mass is 393 g/mol. The molecule has 1 fully saturated rings. The molecule has 1 amide bonds. The molecule has 0 N–H and O–H groups in total. The first kappa shape index (κ1) is 16.8. The normalized spacial score (nSPS) is 16.6. The van der Waals surface area contributed by atoms with E-state index in [1.807, 2.05) is 0 Å². The van der Waals surface area contributed by atoms with Crippen LogP contribution in [0.3, 0.4) is 0 Å². The Labute approximate surface area is 138 Å². The van der Waals surface area contributed by atoms with Crippen LogP contribution in [0.25, 0.3) is 0 Å². The first-order valence-electron chi connectivity index (χ1n) is 6.85. The van der Waals surface area contributed by atoms with Gasteiger partial charge in [0.1, 0.15) is 0 Å². The highest BCUT2D eigenvalue weighted by molar-refractivity contribution is 9.10. The van der Waals surface area contributed by atoms with Crippen LogP contribution in [0.15, 0.2) is 21.5 Å². The molecule has 0 bridgehead atoms. The third-order valence-electron chi connectivity index (χ3n) is 3.71. The zero-order valence-corrected chi connectivity index (χ0v) is 14.9. The quantitative estimate of drug-likeness (QED) is 0.719. The summed E-state index contributed by atoms with van der Waals surface area (Å²) in [5.74, 6) is -0.128. The minimum atomic E-state index is -3.88. The van der Waals surface area contributed by atoms with Crippen molar-refractivity contribution in [2.24, 2.45) is 0 Å². The van der Waals surface area contributed by atoms with Gasteiger partial charge < -0.3 is 4.90 Å². The molecule has 0 radical (unpaired) electrons. The average molecular weight is 395 g/mol. The number of halogens is 2. The molecule has 116 valence electrons. The second-order valence-electron chi connectivity index (χ2n) is 5.22. The molecule has 1 saturated heterocycles. The van der Waals surface area contributed by atoms with Crippen molar-refractivity contribution in [3.8, 4) is 0 Å². The Hall–Kier alpha value is -0.590. The predicted octanol–water partition coefficient (Wildman–Crippen LogP) is 3.70. The fourth-order valence-electron chi connectivity index (χ4n) is 2.57. The second kappa shape index (κ2) is 6.67. The lowest BCUT2D eigenvalue weighted by Crippen LogP contribution is -2.32. The van der Waals surface area contributed by atoms with Gasteiger partial charge in [-0.1, -0.05) is 28.8 Å². The molecule has 0 atom stereocenters. The summed E-state index contributed by atoms with van der Waals surface area (Å²) in [5, 5.41) is 0. The van der Waals surface area contributed by atoms with Crippen molar-refractivity contribution in [2.75, 3.05) is 13.1 Å². The summed E-state index contributed by atoms with van der Waals surface area (Å²) in [5.41, 5.74) is 0.799. The van der Waals surface area contributed by atoms with E-state index in [2.05, 4.69) is 15.9 Å². The Bertz CT molecular complexity index is 652. The average Bonchev–Trinajstić information content (AvgIpc) is 2.68. The van der Waals surface area contributed by atoms with Crippen LogP contribution < -0.4 is 0 Å². The van der Waals surface area contributed by atoms with Crippen LogP contribution in [0.5, 0.6) is 0 Å². The van der Waals surface area contributed by atoms with Gasteiger partial charge in [-0.15, -0.1) is 0 Å². The second-order valence-corrected chi connectivity index (χ2v) is 8.67. The minimum Gasteiger partial charge on any atom is -0.339 e. The molecule has 0 aliphatic carbocycles. The maximum absolute atomic E-state index is 12.7. The number of hydrogen-bond donors (Lipinski definition) is 0. The molecular formula is C14H17BrClNO3S. The molecule has 2 rings (SSSR count). The lowest BCUT2D eigenvalue weighted by molar-refractivity contribution is 0.0760. The third kappa shape index (κ3) is 3.99. The Morgan fingerprint density at radius 3 is 2.29 bits per heavy atom. The molecule has 1 aromatic carbocycles. The van der Waals surface area contributed by atoms with Crippen LogP contribution in [-0.4, -0.2) is 32.3 Å². The lowest BCUT2D eigenvalue weighted by atomic mass is 10.1. The zero-order valence-electron chi connectivity index (χ0n) is 11.7.